The fourth-order valence-corrected chi connectivity index (χ4v) is 3.05. The maximum Gasteiger partial charge on any atom is 0.157 e. The Morgan fingerprint density at radius 2 is 2.00 bits per heavy atom. The standard InChI is InChI=1S/C19H21Cl2NO2/c1-19(2)12-15(11-16(23)13-19)22(3)8-4-5-9-24-18-7-6-14(20)10-17(18)21/h6-7,10-11H,8-9,12-13H2,1-3H3. The van der Waals surface area contributed by atoms with Gasteiger partial charge in [0.1, 0.15) is 12.4 Å². The molecule has 1 aromatic rings. The Morgan fingerprint density at radius 3 is 2.67 bits per heavy atom. The SMILES string of the molecule is CN(CC#CCOc1ccc(Cl)cc1Cl)C1=CC(=O)CC(C)(C)C1. The highest BCUT2D eigenvalue weighted by Crippen LogP contribution is 2.34. The molecule has 0 aliphatic heterocycles. The van der Waals surface area contributed by atoms with E-state index in [0.717, 1.165) is 12.1 Å². The van der Waals surface area contributed by atoms with E-state index in [4.69, 9.17) is 27.9 Å². The molecule has 0 fully saturated rings. The van der Waals surface area contributed by atoms with Gasteiger partial charge in [-0.15, -0.1) is 0 Å². The molecule has 1 aliphatic rings. The van der Waals surface area contributed by atoms with E-state index in [1.165, 1.54) is 0 Å². The molecule has 0 bridgehead atoms. The van der Waals surface area contributed by atoms with Gasteiger partial charge in [0.15, 0.2) is 5.78 Å². The van der Waals surface area contributed by atoms with Crippen LogP contribution in [-0.2, 0) is 4.79 Å². The number of hydrogen-bond acceptors (Lipinski definition) is 3. The van der Waals surface area contributed by atoms with Crippen molar-refractivity contribution in [2.24, 2.45) is 5.41 Å². The van der Waals surface area contributed by atoms with Crippen molar-refractivity contribution in [3.05, 3.63) is 40.0 Å². The van der Waals surface area contributed by atoms with E-state index in [1.54, 1.807) is 24.3 Å². The molecule has 0 N–H and O–H groups in total. The first-order chi connectivity index (χ1) is 11.3. The van der Waals surface area contributed by atoms with Crippen molar-refractivity contribution in [1.82, 2.24) is 4.90 Å². The predicted molar refractivity (Wildman–Crippen MR) is 98.5 cm³/mol. The molecule has 128 valence electrons. The van der Waals surface area contributed by atoms with Crippen molar-refractivity contribution in [1.29, 1.82) is 0 Å². The summed E-state index contributed by atoms with van der Waals surface area (Å²) in [7, 11) is 1.95. The van der Waals surface area contributed by atoms with Gasteiger partial charge in [-0.3, -0.25) is 4.79 Å². The minimum Gasteiger partial charge on any atom is -0.479 e. The molecule has 0 amide bonds. The molecular formula is C19H21Cl2NO2. The van der Waals surface area contributed by atoms with E-state index < -0.39 is 0 Å². The van der Waals surface area contributed by atoms with Crippen LogP contribution in [0.4, 0.5) is 0 Å². The van der Waals surface area contributed by atoms with Crippen molar-refractivity contribution in [3.8, 4) is 17.6 Å². The lowest BCUT2D eigenvalue weighted by Crippen LogP contribution is -2.29. The van der Waals surface area contributed by atoms with Crippen LogP contribution in [0, 0.1) is 17.3 Å². The van der Waals surface area contributed by atoms with E-state index in [-0.39, 0.29) is 17.8 Å². The van der Waals surface area contributed by atoms with Crippen LogP contribution in [0.2, 0.25) is 10.0 Å². The number of allylic oxidation sites excluding steroid dienone is 2. The Balaban J connectivity index is 1.85. The number of rotatable bonds is 4. The van der Waals surface area contributed by atoms with Crippen molar-refractivity contribution in [2.45, 2.75) is 26.7 Å². The third-order valence-electron chi connectivity index (χ3n) is 3.77. The topological polar surface area (TPSA) is 29.5 Å². The van der Waals surface area contributed by atoms with E-state index in [0.29, 0.717) is 28.8 Å². The smallest absolute Gasteiger partial charge is 0.157 e. The third kappa shape index (κ3) is 5.47. The Kier molecular flexibility index (Phi) is 6.21. The molecule has 2 rings (SSSR count). The van der Waals surface area contributed by atoms with Crippen LogP contribution in [0.25, 0.3) is 0 Å². The highest BCUT2D eigenvalue weighted by atomic mass is 35.5. The van der Waals surface area contributed by atoms with E-state index in [9.17, 15) is 4.79 Å². The van der Waals surface area contributed by atoms with E-state index >= 15 is 0 Å². The summed E-state index contributed by atoms with van der Waals surface area (Å²) in [6.45, 7) is 5.02. The summed E-state index contributed by atoms with van der Waals surface area (Å²) in [4.78, 5) is 13.8. The molecule has 0 atom stereocenters. The lowest BCUT2D eigenvalue weighted by Gasteiger charge is -2.32. The second-order valence-corrected chi connectivity index (χ2v) is 7.54. The molecule has 0 saturated heterocycles. The summed E-state index contributed by atoms with van der Waals surface area (Å²) >= 11 is 11.9. The van der Waals surface area contributed by atoms with Gasteiger partial charge >= 0.3 is 0 Å². The summed E-state index contributed by atoms with van der Waals surface area (Å²) < 4.78 is 5.52. The number of ether oxygens (including phenoxy) is 1. The minimum absolute atomic E-state index is 0.0112. The first-order valence-corrected chi connectivity index (χ1v) is 8.50. The van der Waals surface area contributed by atoms with Crippen molar-refractivity contribution < 1.29 is 9.53 Å². The van der Waals surface area contributed by atoms with Crippen LogP contribution in [0.3, 0.4) is 0 Å². The second-order valence-electron chi connectivity index (χ2n) is 6.69. The van der Waals surface area contributed by atoms with Gasteiger partial charge in [-0.25, -0.2) is 0 Å². The molecular weight excluding hydrogens is 345 g/mol. The normalized spacial score (nSPS) is 16.0. The fraction of sp³-hybridized carbons (Fsp3) is 0.421. The van der Waals surface area contributed by atoms with Crippen molar-refractivity contribution >= 4 is 29.0 Å². The van der Waals surface area contributed by atoms with E-state index in [2.05, 4.69) is 25.7 Å². The van der Waals surface area contributed by atoms with Gasteiger partial charge < -0.3 is 9.64 Å². The van der Waals surface area contributed by atoms with Crippen molar-refractivity contribution in [3.63, 3.8) is 0 Å². The van der Waals surface area contributed by atoms with Crippen molar-refractivity contribution in [2.75, 3.05) is 20.2 Å². The van der Waals surface area contributed by atoms with Crippen LogP contribution in [0.5, 0.6) is 5.75 Å². The maximum atomic E-state index is 11.8. The fourth-order valence-electron chi connectivity index (χ4n) is 2.59. The molecule has 5 heteroatoms. The average Bonchev–Trinajstić information content (AvgIpc) is 2.46. The Hall–Kier alpha value is -1.63. The number of carbonyl (C=O) groups excluding carboxylic acids is 1. The largest absolute Gasteiger partial charge is 0.479 e. The Labute approximate surface area is 153 Å². The summed E-state index contributed by atoms with van der Waals surface area (Å²) in [6, 6.07) is 5.07. The number of nitrogens with zero attached hydrogens (tertiary/aromatic N) is 1. The highest BCUT2D eigenvalue weighted by Gasteiger charge is 2.28. The summed E-state index contributed by atoms with van der Waals surface area (Å²) in [5.41, 5.74) is 1.05. The monoisotopic (exact) mass is 365 g/mol. The van der Waals surface area contributed by atoms with Crippen LogP contribution < -0.4 is 4.74 Å². The molecule has 0 saturated carbocycles. The van der Waals surface area contributed by atoms with Crippen LogP contribution in [0.15, 0.2) is 30.0 Å². The van der Waals surface area contributed by atoms with Gasteiger partial charge in [0.25, 0.3) is 0 Å². The molecule has 1 aliphatic carbocycles. The number of ketones is 1. The molecule has 0 spiro atoms. The third-order valence-corrected chi connectivity index (χ3v) is 4.30. The zero-order chi connectivity index (χ0) is 17.7. The zero-order valence-corrected chi connectivity index (χ0v) is 15.7. The van der Waals surface area contributed by atoms with Gasteiger partial charge in [-0.05, 0) is 30.0 Å². The molecule has 0 heterocycles. The van der Waals surface area contributed by atoms with Crippen LogP contribution in [-0.4, -0.2) is 30.9 Å². The highest BCUT2D eigenvalue weighted by molar-refractivity contribution is 6.35. The lowest BCUT2D eigenvalue weighted by atomic mass is 9.78. The van der Waals surface area contributed by atoms with E-state index in [1.807, 2.05) is 11.9 Å². The quantitative estimate of drug-likeness (QED) is 0.731. The zero-order valence-electron chi connectivity index (χ0n) is 14.2. The molecule has 0 unspecified atom stereocenters. The molecule has 0 radical (unpaired) electrons. The van der Waals surface area contributed by atoms with Gasteiger partial charge in [0.05, 0.1) is 11.6 Å². The van der Waals surface area contributed by atoms with Crippen LogP contribution in [0.1, 0.15) is 26.7 Å². The predicted octanol–water partition coefficient (Wildman–Crippen LogP) is 4.58. The summed E-state index contributed by atoms with van der Waals surface area (Å²) in [5.74, 6) is 6.76. The Morgan fingerprint density at radius 1 is 1.25 bits per heavy atom. The number of carbonyl (C=O) groups is 1. The van der Waals surface area contributed by atoms with Gasteiger partial charge in [0.2, 0.25) is 0 Å². The van der Waals surface area contributed by atoms with Gasteiger partial charge in [0, 0.05) is 30.3 Å². The second kappa shape index (κ2) is 7.96. The maximum absolute atomic E-state index is 11.8. The van der Waals surface area contributed by atoms with Crippen LogP contribution >= 0.6 is 23.2 Å². The summed E-state index contributed by atoms with van der Waals surface area (Å²) in [6.07, 6.45) is 3.22. The lowest BCUT2D eigenvalue weighted by molar-refractivity contribution is -0.117. The number of halogens is 2. The average molecular weight is 366 g/mol. The molecule has 3 nitrogen and oxygen atoms in total. The van der Waals surface area contributed by atoms with Gasteiger partial charge in [-0.2, -0.15) is 0 Å². The molecule has 24 heavy (non-hydrogen) atoms. The summed E-state index contributed by atoms with van der Waals surface area (Å²) in [5, 5.41) is 1.04. The first-order valence-electron chi connectivity index (χ1n) is 7.75. The Bertz CT molecular complexity index is 714. The number of hydrogen-bond donors (Lipinski definition) is 0. The first kappa shape index (κ1) is 18.7. The minimum atomic E-state index is 0.0112. The number of benzene rings is 1. The molecule has 0 aromatic heterocycles. The van der Waals surface area contributed by atoms with Gasteiger partial charge in [-0.1, -0.05) is 48.9 Å². The molecule has 1 aromatic carbocycles.